The predicted molar refractivity (Wildman–Crippen MR) is 53.8 cm³/mol. The van der Waals surface area contributed by atoms with Gasteiger partial charge in [-0.2, -0.15) is 0 Å². The molecule has 0 fully saturated rings. The molecule has 2 N–H and O–H groups in total. The second-order valence-corrected chi connectivity index (χ2v) is 3.69. The smallest absolute Gasteiger partial charge is 0.125 e. The maximum atomic E-state index is 12.9. The minimum absolute atomic E-state index is 0.183. The highest BCUT2D eigenvalue weighted by Crippen LogP contribution is 2.26. The summed E-state index contributed by atoms with van der Waals surface area (Å²) < 4.78 is 12.9. The molecule has 14 heavy (non-hydrogen) atoms. The van der Waals surface area contributed by atoms with Crippen LogP contribution in [-0.4, -0.2) is 17.8 Å². The van der Waals surface area contributed by atoms with Gasteiger partial charge in [0.1, 0.15) is 5.82 Å². The van der Waals surface area contributed by atoms with Crippen molar-refractivity contribution in [3.63, 3.8) is 0 Å². The number of rotatable bonds is 2. The number of hydrogen-bond donors (Lipinski definition) is 2. The van der Waals surface area contributed by atoms with Gasteiger partial charge in [-0.05, 0) is 37.0 Å². The highest BCUT2D eigenvalue weighted by molar-refractivity contribution is 5.54. The van der Waals surface area contributed by atoms with Crippen molar-refractivity contribution in [2.24, 2.45) is 0 Å². The molecule has 0 radical (unpaired) electrons. The molecule has 1 aromatic carbocycles. The van der Waals surface area contributed by atoms with Gasteiger partial charge in [-0.15, -0.1) is 0 Å². The number of nitrogens with one attached hydrogen (secondary N) is 1. The lowest BCUT2D eigenvalue weighted by molar-refractivity contribution is 0.276. The second-order valence-electron chi connectivity index (χ2n) is 3.69. The maximum absolute atomic E-state index is 12.9. The van der Waals surface area contributed by atoms with Crippen LogP contribution >= 0.6 is 0 Å². The van der Waals surface area contributed by atoms with E-state index in [1.165, 1.54) is 17.7 Å². The Hall–Kier alpha value is -1.09. The van der Waals surface area contributed by atoms with E-state index in [0.29, 0.717) is 0 Å². The molecule has 1 unspecified atom stereocenters. The van der Waals surface area contributed by atoms with Gasteiger partial charge in [0.25, 0.3) is 0 Å². The number of fused-ring (bicyclic) bond motifs is 1. The number of aliphatic hydroxyl groups excluding tert-OH is 1. The molecule has 0 aliphatic carbocycles. The van der Waals surface area contributed by atoms with Crippen LogP contribution in [0.15, 0.2) is 18.2 Å². The largest absolute Gasteiger partial charge is 0.396 e. The molecule has 1 aliphatic heterocycles. The van der Waals surface area contributed by atoms with Crippen LogP contribution in [0.1, 0.15) is 18.4 Å². The number of anilines is 1. The van der Waals surface area contributed by atoms with Crippen LogP contribution in [0.5, 0.6) is 0 Å². The summed E-state index contributed by atoms with van der Waals surface area (Å²) in [4.78, 5) is 0. The Labute approximate surface area is 82.8 Å². The molecule has 0 saturated carbocycles. The lowest BCUT2D eigenvalue weighted by Crippen LogP contribution is -2.26. The average molecular weight is 195 g/mol. The molecule has 0 bridgehead atoms. The summed E-state index contributed by atoms with van der Waals surface area (Å²) >= 11 is 0. The summed E-state index contributed by atoms with van der Waals surface area (Å²) in [5.74, 6) is -0.208. The fraction of sp³-hybridized carbons (Fsp3) is 0.455. The first kappa shape index (κ1) is 9.46. The molecular weight excluding hydrogens is 181 g/mol. The average Bonchev–Trinajstić information content (AvgIpc) is 2.17. The van der Waals surface area contributed by atoms with Crippen LogP contribution in [0.2, 0.25) is 0 Å². The third-order valence-electron chi connectivity index (χ3n) is 2.67. The zero-order valence-electron chi connectivity index (χ0n) is 7.96. The van der Waals surface area contributed by atoms with E-state index in [-0.39, 0.29) is 18.5 Å². The Morgan fingerprint density at radius 1 is 1.50 bits per heavy atom. The normalized spacial score (nSPS) is 20.0. The zero-order chi connectivity index (χ0) is 9.97. The van der Waals surface area contributed by atoms with Gasteiger partial charge in [-0.3, -0.25) is 0 Å². The summed E-state index contributed by atoms with van der Waals surface area (Å²) in [6, 6.07) is 5.13. The Bertz CT molecular complexity index is 327. The van der Waals surface area contributed by atoms with Crippen molar-refractivity contribution < 1.29 is 9.50 Å². The minimum atomic E-state index is -0.208. The second kappa shape index (κ2) is 3.96. The molecule has 0 aromatic heterocycles. The lowest BCUT2D eigenvalue weighted by atomic mass is 9.96. The highest BCUT2D eigenvalue weighted by Gasteiger charge is 2.17. The fourth-order valence-corrected chi connectivity index (χ4v) is 1.90. The van der Waals surface area contributed by atoms with E-state index < -0.39 is 0 Å². The van der Waals surface area contributed by atoms with E-state index >= 15 is 0 Å². The van der Waals surface area contributed by atoms with Crippen molar-refractivity contribution >= 4 is 5.69 Å². The molecule has 1 aliphatic rings. The number of aryl methyl sites for hydroxylation is 1. The van der Waals surface area contributed by atoms with Gasteiger partial charge in [0.05, 0.1) is 0 Å². The molecule has 76 valence electrons. The van der Waals surface area contributed by atoms with Gasteiger partial charge in [0.2, 0.25) is 0 Å². The van der Waals surface area contributed by atoms with Crippen molar-refractivity contribution in [2.45, 2.75) is 25.3 Å². The van der Waals surface area contributed by atoms with Gasteiger partial charge in [0, 0.05) is 18.3 Å². The van der Waals surface area contributed by atoms with Gasteiger partial charge in [-0.1, -0.05) is 6.07 Å². The monoisotopic (exact) mass is 195 g/mol. The van der Waals surface area contributed by atoms with E-state index in [0.717, 1.165) is 24.9 Å². The maximum Gasteiger partial charge on any atom is 0.125 e. The molecule has 1 heterocycles. The number of benzene rings is 1. The SMILES string of the molecule is OCCC1CCc2ccc(F)cc2N1. The zero-order valence-corrected chi connectivity index (χ0v) is 7.96. The predicted octanol–water partition coefficient (Wildman–Crippen LogP) is 1.93. The van der Waals surface area contributed by atoms with Crippen LogP contribution in [0.25, 0.3) is 0 Å². The Balaban J connectivity index is 2.16. The van der Waals surface area contributed by atoms with E-state index in [4.69, 9.17) is 5.11 Å². The van der Waals surface area contributed by atoms with Crippen molar-refractivity contribution in [3.8, 4) is 0 Å². The first-order valence-corrected chi connectivity index (χ1v) is 4.95. The van der Waals surface area contributed by atoms with Gasteiger partial charge < -0.3 is 10.4 Å². The molecule has 2 rings (SSSR count). The van der Waals surface area contributed by atoms with Gasteiger partial charge in [-0.25, -0.2) is 4.39 Å². The molecule has 0 spiro atoms. The third-order valence-corrected chi connectivity index (χ3v) is 2.67. The Morgan fingerprint density at radius 3 is 3.14 bits per heavy atom. The van der Waals surface area contributed by atoms with Crippen LogP contribution < -0.4 is 5.32 Å². The van der Waals surface area contributed by atoms with Crippen molar-refractivity contribution in [2.75, 3.05) is 11.9 Å². The number of halogens is 1. The van der Waals surface area contributed by atoms with Gasteiger partial charge >= 0.3 is 0 Å². The fourth-order valence-electron chi connectivity index (χ4n) is 1.90. The van der Waals surface area contributed by atoms with E-state index in [1.807, 2.05) is 6.07 Å². The van der Waals surface area contributed by atoms with Crippen LogP contribution in [0.4, 0.5) is 10.1 Å². The van der Waals surface area contributed by atoms with Crippen LogP contribution in [0, 0.1) is 5.82 Å². The lowest BCUT2D eigenvalue weighted by Gasteiger charge is -2.26. The molecule has 2 nitrogen and oxygen atoms in total. The van der Waals surface area contributed by atoms with Gasteiger partial charge in [0.15, 0.2) is 0 Å². The molecule has 1 aromatic rings. The van der Waals surface area contributed by atoms with Crippen LogP contribution in [0.3, 0.4) is 0 Å². The third kappa shape index (κ3) is 1.87. The van der Waals surface area contributed by atoms with Crippen molar-refractivity contribution in [1.82, 2.24) is 0 Å². The first-order valence-electron chi connectivity index (χ1n) is 4.95. The summed E-state index contributed by atoms with van der Waals surface area (Å²) in [6.07, 6.45) is 2.71. The summed E-state index contributed by atoms with van der Waals surface area (Å²) in [7, 11) is 0. The summed E-state index contributed by atoms with van der Waals surface area (Å²) in [5.41, 5.74) is 2.05. The minimum Gasteiger partial charge on any atom is -0.396 e. The Kier molecular flexibility index (Phi) is 2.68. The summed E-state index contributed by atoms with van der Waals surface area (Å²) in [6.45, 7) is 0.183. The molecule has 3 heteroatoms. The van der Waals surface area contributed by atoms with Crippen molar-refractivity contribution in [1.29, 1.82) is 0 Å². The first-order chi connectivity index (χ1) is 6.79. The molecule has 1 atom stereocenters. The number of aliphatic hydroxyl groups is 1. The van der Waals surface area contributed by atoms with E-state index in [1.54, 1.807) is 0 Å². The highest BCUT2D eigenvalue weighted by atomic mass is 19.1. The quantitative estimate of drug-likeness (QED) is 0.755. The molecule has 0 saturated heterocycles. The Morgan fingerprint density at radius 2 is 2.36 bits per heavy atom. The standard InChI is InChI=1S/C11H14FNO/c12-9-3-1-8-2-4-10(5-6-14)13-11(8)7-9/h1,3,7,10,13-14H,2,4-6H2. The molecule has 0 amide bonds. The number of hydrogen-bond acceptors (Lipinski definition) is 2. The van der Waals surface area contributed by atoms with Crippen molar-refractivity contribution in [3.05, 3.63) is 29.6 Å². The molecular formula is C11H14FNO. The summed E-state index contributed by atoms with van der Waals surface area (Å²) in [5, 5.41) is 12.0. The van der Waals surface area contributed by atoms with Crippen LogP contribution in [-0.2, 0) is 6.42 Å². The van der Waals surface area contributed by atoms with E-state index in [2.05, 4.69) is 5.32 Å². The topological polar surface area (TPSA) is 32.3 Å². The van der Waals surface area contributed by atoms with E-state index in [9.17, 15) is 4.39 Å².